The lowest BCUT2D eigenvalue weighted by Crippen LogP contribution is -2.42. The molecule has 0 radical (unpaired) electrons. The van der Waals surface area contributed by atoms with E-state index in [0.29, 0.717) is 5.92 Å². The van der Waals surface area contributed by atoms with E-state index in [1.54, 1.807) is 12.1 Å². The van der Waals surface area contributed by atoms with Crippen LogP contribution >= 0.6 is 0 Å². The molecule has 1 aromatic carbocycles. The van der Waals surface area contributed by atoms with Crippen LogP contribution < -0.4 is 10.1 Å². The van der Waals surface area contributed by atoms with Gasteiger partial charge in [-0.25, -0.2) is 4.39 Å². The molecule has 2 nitrogen and oxygen atoms in total. The van der Waals surface area contributed by atoms with Gasteiger partial charge in [0.15, 0.2) is 0 Å². The first-order chi connectivity index (χ1) is 8.43. The van der Waals surface area contributed by atoms with E-state index in [9.17, 15) is 4.39 Å². The molecule has 0 fully saturated rings. The van der Waals surface area contributed by atoms with Crippen LogP contribution in [0.15, 0.2) is 18.2 Å². The molecule has 2 unspecified atom stereocenters. The fourth-order valence-electron chi connectivity index (χ4n) is 2.98. The summed E-state index contributed by atoms with van der Waals surface area (Å²) in [6, 6.07) is 4.94. The van der Waals surface area contributed by atoms with Gasteiger partial charge in [-0.1, -0.05) is 13.8 Å². The summed E-state index contributed by atoms with van der Waals surface area (Å²) in [4.78, 5) is 0. The van der Waals surface area contributed by atoms with Crippen LogP contribution in [0.1, 0.15) is 45.2 Å². The van der Waals surface area contributed by atoms with Crippen LogP contribution in [0.2, 0.25) is 0 Å². The van der Waals surface area contributed by atoms with Crippen LogP contribution in [0.5, 0.6) is 5.75 Å². The van der Waals surface area contributed by atoms with E-state index in [2.05, 4.69) is 26.1 Å². The summed E-state index contributed by atoms with van der Waals surface area (Å²) in [5, 5.41) is 3.27. The van der Waals surface area contributed by atoms with Crippen molar-refractivity contribution in [2.24, 2.45) is 5.92 Å². The van der Waals surface area contributed by atoms with E-state index in [0.717, 1.165) is 24.2 Å². The quantitative estimate of drug-likeness (QED) is 0.885. The van der Waals surface area contributed by atoms with Gasteiger partial charge >= 0.3 is 0 Å². The number of ether oxygens (including phenoxy) is 1. The van der Waals surface area contributed by atoms with Gasteiger partial charge in [0.05, 0.1) is 0 Å². The predicted molar refractivity (Wildman–Crippen MR) is 71.3 cm³/mol. The number of halogens is 1. The van der Waals surface area contributed by atoms with E-state index in [1.165, 1.54) is 6.07 Å². The second kappa shape index (κ2) is 4.88. The molecular formula is C15H22FNO. The van der Waals surface area contributed by atoms with Gasteiger partial charge in [0.2, 0.25) is 0 Å². The van der Waals surface area contributed by atoms with Gasteiger partial charge in [-0.15, -0.1) is 0 Å². The molecule has 0 amide bonds. The molecule has 3 heteroatoms. The third-order valence-corrected chi connectivity index (χ3v) is 3.53. The summed E-state index contributed by atoms with van der Waals surface area (Å²) in [7, 11) is 1.92. The number of fused-ring (bicyclic) bond motifs is 1. The minimum Gasteiger partial charge on any atom is -0.487 e. The molecule has 0 saturated carbocycles. The van der Waals surface area contributed by atoms with Gasteiger partial charge in [0.25, 0.3) is 0 Å². The topological polar surface area (TPSA) is 21.3 Å². The first-order valence-corrected chi connectivity index (χ1v) is 6.59. The van der Waals surface area contributed by atoms with Crippen LogP contribution in [0.25, 0.3) is 0 Å². The molecule has 1 N–H and O–H groups in total. The van der Waals surface area contributed by atoms with E-state index < -0.39 is 0 Å². The zero-order valence-corrected chi connectivity index (χ0v) is 11.6. The third kappa shape index (κ3) is 2.66. The van der Waals surface area contributed by atoms with Crippen molar-refractivity contribution in [1.82, 2.24) is 5.32 Å². The molecule has 2 atom stereocenters. The standard InChI is InChI=1S/C15H22FNO/c1-10(2)8-15(3)9-13(17-4)12-7-11(16)5-6-14(12)18-15/h5-7,10,13,17H,8-9H2,1-4H3. The maximum atomic E-state index is 13.3. The highest BCUT2D eigenvalue weighted by Crippen LogP contribution is 2.42. The Kier molecular flexibility index (Phi) is 3.62. The molecule has 0 aromatic heterocycles. The Bertz CT molecular complexity index is 433. The highest BCUT2D eigenvalue weighted by molar-refractivity contribution is 5.39. The molecule has 0 aliphatic carbocycles. The molecule has 0 bridgehead atoms. The number of hydrogen-bond donors (Lipinski definition) is 1. The molecule has 1 aliphatic rings. The predicted octanol–water partition coefficient (Wildman–Crippen LogP) is 3.67. The number of benzene rings is 1. The van der Waals surface area contributed by atoms with Crippen LogP contribution in [0.3, 0.4) is 0 Å². The molecule has 1 aromatic rings. The van der Waals surface area contributed by atoms with Gasteiger partial charge in [-0.05, 0) is 44.5 Å². The second-order valence-electron chi connectivity index (χ2n) is 5.88. The minimum atomic E-state index is -0.204. The summed E-state index contributed by atoms with van der Waals surface area (Å²) in [5.74, 6) is 1.18. The van der Waals surface area contributed by atoms with Crippen LogP contribution in [0, 0.1) is 11.7 Å². The fourth-order valence-corrected chi connectivity index (χ4v) is 2.98. The minimum absolute atomic E-state index is 0.160. The monoisotopic (exact) mass is 251 g/mol. The van der Waals surface area contributed by atoms with Gasteiger partial charge in [0.1, 0.15) is 17.2 Å². The lowest BCUT2D eigenvalue weighted by molar-refractivity contribution is 0.0295. The SMILES string of the molecule is CNC1CC(C)(CC(C)C)Oc2ccc(F)cc21. The maximum absolute atomic E-state index is 13.3. The van der Waals surface area contributed by atoms with Crippen molar-refractivity contribution in [2.45, 2.75) is 45.3 Å². The van der Waals surface area contributed by atoms with E-state index in [-0.39, 0.29) is 17.5 Å². The van der Waals surface area contributed by atoms with Crippen molar-refractivity contribution >= 4 is 0 Å². The van der Waals surface area contributed by atoms with E-state index in [4.69, 9.17) is 4.74 Å². The van der Waals surface area contributed by atoms with Crippen molar-refractivity contribution in [3.63, 3.8) is 0 Å². The molecule has 18 heavy (non-hydrogen) atoms. The van der Waals surface area contributed by atoms with Crippen molar-refractivity contribution in [1.29, 1.82) is 0 Å². The van der Waals surface area contributed by atoms with Crippen molar-refractivity contribution in [3.8, 4) is 5.75 Å². The Morgan fingerprint density at radius 3 is 2.83 bits per heavy atom. The van der Waals surface area contributed by atoms with E-state index >= 15 is 0 Å². The average Bonchev–Trinajstić information content (AvgIpc) is 2.27. The van der Waals surface area contributed by atoms with Crippen molar-refractivity contribution in [2.75, 3.05) is 7.05 Å². The third-order valence-electron chi connectivity index (χ3n) is 3.53. The summed E-state index contributed by atoms with van der Waals surface area (Å²) in [6.45, 7) is 6.54. The molecule has 0 spiro atoms. The largest absolute Gasteiger partial charge is 0.487 e. The molecule has 0 saturated heterocycles. The Morgan fingerprint density at radius 2 is 2.22 bits per heavy atom. The highest BCUT2D eigenvalue weighted by Gasteiger charge is 2.37. The summed E-state index contributed by atoms with van der Waals surface area (Å²) in [6.07, 6.45) is 1.88. The zero-order valence-electron chi connectivity index (χ0n) is 11.6. The first kappa shape index (κ1) is 13.3. The molecule has 1 aliphatic heterocycles. The van der Waals surface area contributed by atoms with Crippen LogP contribution in [-0.4, -0.2) is 12.6 Å². The van der Waals surface area contributed by atoms with Gasteiger partial charge in [-0.3, -0.25) is 0 Å². The van der Waals surface area contributed by atoms with Gasteiger partial charge in [0, 0.05) is 18.0 Å². The lowest BCUT2D eigenvalue weighted by atomic mass is 9.83. The smallest absolute Gasteiger partial charge is 0.125 e. The molecule has 1 heterocycles. The molecule has 2 rings (SSSR count). The summed E-state index contributed by atoms with van der Waals surface area (Å²) in [5.41, 5.74) is 0.755. The number of hydrogen-bond acceptors (Lipinski definition) is 2. The van der Waals surface area contributed by atoms with E-state index in [1.807, 2.05) is 7.05 Å². The van der Waals surface area contributed by atoms with Gasteiger partial charge in [-0.2, -0.15) is 0 Å². The van der Waals surface area contributed by atoms with Crippen LogP contribution in [0.4, 0.5) is 4.39 Å². The normalized spacial score (nSPS) is 26.9. The van der Waals surface area contributed by atoms with Gasteiger partial charge < -0.3 is 10.1 Å². The second-order valence-corrected chi connectivity index (χ2v) is 5.88. The zero-order chi connectivity index (χ0) is 13.3. The number of nitrogens with one attached hydrogen (secondary N) is 1. The summed E-state index contributed by atoms with van der Waals surface area (Å²) < 4.78 is 19.4. The Balaban J connectivity index is 2.33. The maximum Gasteiger partial charge on any atom is 0.125 e. The van der Waals surface area contributed by atoms with Crippen LogP contribution in [-0.2, 0) is 0 Å². The fraction of sp³-hybridized carbons (Fsp3) is 0.600. The Labute approximate surface area is 109 Å². The average molecular weight is 251 g/mol. The Morgan fingerprint density at radius 1 is 1.50 bits per heavy atom. The lowest BCUT2D eigenvalue weighted by Gasteiger charge is -2.41. The van der Waals surface area contributed by atoms with Crippen molar-refractivity contribution in [3.05, 3.63) is 29.6 Å². The highest BCUT2D eigenvalue weighted by atomic mass is 19.1. The summed E-state index contributed by atoms with van der Waals surface area (Å²) >= 11 is 0. The Hall–Kier alpha value is -1.09. The first-order valence-electron chi connectivity index (χ1n) is 6.59. The molecule has 100 valence electrons. The number of rotatable bonds is 3. The molecular weight excluding hydrogens is 229 g/mol. The van der Waals surface area contributed by atoms with Crippen molar-refractivity contribution < 1.29 is 9.13 Å².